The molecule has 6 nitrogen and oxygen atoms in total. The molecule has 2 aromatic rings. The molecule has 0 amide bonds. The molecule has 2 atom stereocenters. The van der Waals surface area contributed by atoms with E-state index in [9.17, 15) is 4.79 Å². The maximum atomic E-state index is 11.9. The largest absolute Gasteiger partial charge is 0.376 e. The van der Waals surface area contributed by atoms with E-state index in [1.54, 1.807) is 4.57 Å². The molecule has 5 rings (SSSR count). The minimum atomic E-state index is -0.118. The molecule has 2 fully saturated rings. The van der Waals surface area contributed by atoms with E-state index in [0.29, 0.717) is 5.92 Å². The fraction of sp³-hybridized carbons (Fsp3) is 0.600. The Balaban J connectivity index is 1.43. The Morgan fingerprint density at radius 2 is 2.15 bits per heavy atom. The topological polar surface area (TPSA) is 63.1 Å². The van der Waals surface area contributed by atoms with Crippen molar-refractivity contribution in [2.75, 3.05) is 13.2 Å². The highest BCUT2D eigenvalue weighted by atomic mass is 16.5. The van der Waals surface area contributed by atoms with Crippen LogP contribution in [0.4, 0.5) is 0 Å². The highest BCUT2D eigenvalue weighted by Crippen LogP contribution is 2.50. The second-order valence-corrected chi connectivity index (χ2v) is 8.06. The van der Waals surface area contributed by atoms with Crippen molar-refractivity contribution < 1.29 is 4.74 Å². The van der Waals surface area contributed by atoms with Crippen LogP contribution in [0.1, 0.15) is 47.8 Å². The van der Waals surface area contributed by atoms with Crippen LogP contribution in [-0.2, 0) is 31.4 Å². The minimum Gasteiger partial charge on any atom is -0.376 e. The fourth-order valence-electron chi connectivity index (χ4n) is 4.81. The molecule has 26 heavy (non-hydrogen) atoms. The Kier molecular flexibility index (Phi) is 3.98. The van der Waals surface area contributed by atoms with Gasteiger partial charge in [-0.15, -0.1) is 0 Å². The number of ether oxygens (including phenoxy) is 1. The molecular weight excluding hydrogens is 328 g/mol. The second kappa shape index (κ2) is 6.35. The molecule has 0 radical (unpaired) electrons. The molecule has 3 aliphatic rings. The summed E-state index contributed by atoms with van der Waals surface area (Å²) in [7, 11) is 1.83. The Labute approximate surface area is 153 Å². The summed E-state index contributed by atoms with van der Waals surface area (Å²) < 4.78 is 7.31. The number of benzene rings is 1. The van der Waals surface area contributed by atoms with Gasteiger partial charge in [0.2, 0.25) is 0 Å². The van der Waals surface area contributed by atoms with Gasteiger partial charge in [-0.3, -0.25) is 9.47 Å². The molecule has 6 heteroatoms. The normalized spacial score (nSPS) is 26.2. The summed E-state index contributed by atoms with van der Waals surface area (Å²) in [4.78, 5) is 14.4. The van der Waals surface area contributed by atoms with Gasteiger partial charge in [0.15, 0.2) is 5.82 Å². The lowest BCUT2D eigenvalue weighted by molar-refractivity contribution is 0.110. The molecule has 0 bridgehead atoms. The van der Waals surface area contributed by atoms with Gasteiger partial charge in [0.1, 0.15) is 0 Å². The van der Waals surface area contributed by atoms with Gasteiger partial charge < -0.3 is 4.74 Å². The van der Waals surface area contributed by atoms with Gasteiger partial charge in [0.25, 0.3) is 0 Å². The third kappa shape index (κ3) is 2.81. The smallest absolute Gasteiger partial charge is 0.343 e. The lowest BCUT2D eigenvalue weighted by Gasteiger charge is -2.28. The maximum absolute atomic E-state index is 11.9. The van der Waals surface area contributed by atoms with Crippen molar-refractivity contribution in [1.82, 2.24) is 19.7 Å². The number of aromatic nitrogens is 3. The van der Waals surface area contributed by atoms with Crippen LogP contribution in [0, 0.1) is 11.8 Å². The van der Waals surface area contributed by atoms with Gasteiger partial charge in [-0.1, -0.05) is 18.2 Å². The molecule has 1 saturated heterocycles. The quantitative estimate of drug-likeness (QED) is 0.914. The average Bonchev–Trinajstić information content (AvgIpc) is 3.35. The van der Waals surface area contributed by atoms with Gasteiger partial charge in [-0.2, -0.15) is 5.10 Å². The van der Waals surface area contributed by atoms with E-state index in [4.69, 9.17) is 4.74 Å². The molecule has 138 valence electrons. The van der Waals surface area contributed by atoms with Gasteiger partial charge >= 0.3 is 5.69 Å². The third-order valence-electron chi connectivity index (χ3n) is 6.38. The van der Waals surface area contributed by atoms with E-state index >= 15 is 0 Å². The maximum Gasteiger partial charge on any atom is 0.343 e. The molecule has 2 aliphatic heterocycles. The second-order valence-electron chi connectivity index (χ2n) is 8.06. The Morgan fingerprint density at radius 1 is 1.27 bits per heavy atom. The van der Waals surface area contributed by atoms with Gasteiger partial charge in [0.05, 0.1) is 19.3 Å². The van der Waals surface area contributed by atoms with Crippen LogP contribution in [0.15, 0.2) is 23.0 Å². The first-order valence-electron chi connectivity index (χ1n) is 9.74. The predicted molar refractivity (Wildman–Crippen MR) is 97.6 cm³/mol. The third-order valence-corrected chi connectivity index (χ3v) is 6.38. The van der Waals surface area contributed by atoms with Crippen molar-refractivity contribution in [1.29, 1.82) is 0 Å². The molecular formula is C20H26N4O2. The highest BCUT2D eigenvalue weighted by molar-refractivity contribution is 5.33. The monoisotopic (exact) mass is 354 g/mol. The molecule has 1 aromatic heterocycles. The molecule has 1 N–H and O–H groups in total. The van der Waals surface area contributed by atoms with Crippen LogP contribution in [-0.4, -0.2) is 32.8 Å². The van der Waals surface area contributed by atoms with Crippen LogP contribution in [0.5, 0.6) is 0 Å². The summed E-state index contributed by atoms with van der Waals surface area (Å²) >= 11 is 0. The fourth-order valence-corrected chi connectivity index (χ4v) is 4.81. The molecule has 1 saturated carbocycles. The number of aromatic amines is 1. The van der Waals surface area contributed by atoms with E-state index in [1.807, 2.05) is 7.05 Å². The molecule has 1 aliphatic carbocycles. The van der Waals surface area contributed by atoms with Crippen LogP contribution in [0.3, 0.4) is 0 Å². The Morgan fingerprint density at radius 3 is 2.92 bits per heavy atom. The minimum absolute atomic E-state index is 0.118. The number of nitrogens with one attached hydrogen (secondary N) is 1. The Bertz CT molecular complexity index is 867. The predicted octanol–water partition coefficient (Wildman–Crippen LogP) is 2.15. The number of hydrogen-bond donors (Lipinski definition) is 1. The highest BCUT2D eigenvalue weighted by Gasteiger charge is 2.45. The number of fused-ring (bicyclic) bond motifs is 1. The van der Waals surface area contributed by atoms with Crippen molar-refractivity contribution >= 4 is 0 Å². The van der Waals surface area contributed by atoms with Gasteiger partial charge in [-0.25, -0.2) is 9.89 Å². The molecule has 2 unspecified atom stereocenters. The summed E-state index contributed by atoms with van der Waals surface area (Å²) in [6.45, 7) is 3.53. The zero-order valence-corrected chi connectivity index (χ0v) is 15.3. The first kappa shape index (κ1) is 16.3. The SMILES string of the molecule is Cn1c(C2C(C3CC3)CCN2Cc2ccc3c(c2)COCC3)n[nH]c1=O. The van der Waals surface area contributed by atoms with Crippen LogP contribution < -0.4 is 5.69 Å². The molecule has 1 aromatic carbocycles. The van der Waals surface area contributed by atoms with Crippen molar-refractivity contribution in [2.45, 2.75) is 44.9 Å². The van der Waals surface area contributed by atoms with Crippen molar-refractivity contribution in [3.8, 4) is 0 Å². The van der Waals surface area contributed by atoms with Crippen molar-refractivity contribution in [3.63, 3.8) is 0 Å². The van der Waals surface area contributed by atoms with Crippen LogP contribution >= 0.6 is 0 Å². The summed E-state index contributed by atoms with van der Waals surface area (Å²) in [6.07, 6.45) is 4.86. The number of rotatable bonds is 4. The number of nitrogens with zero attached hydrogens (tertiary/aromatic N) is 3. The van der Waals surface area contributed by atoms with E-state index in [0.717, 1.165) is 44.5 Å². The first-order chi connectivity index (χ1) is 12.7. The number of likely N-dealkylation sites (tertiary alicyclic amines) is 1. The van der Waals surface area contributed by atoms with E-state index in [-0.39, 0.29) is 11.7 Å². The van der Waals surface area contributed by atoms with Crippen LogP contribution in [0.2, 0.25) is 0 Å². The van der Waals surface area contributed by atoms with E-state index in [1.165, 1.54) is 36.0 Å². The standard InChI is InChI=1S/C20H26N4O2/c1-23-19(21-22-20(23)25)18-17(15-4-5-15)6-8-24(18)11-13-2-3-14-7-9-26-12-16(14)10-13/h2-3,10,15,17-18H,4-9,11-12H2,1H3,(H,22,25). The number of hydrogen-bond acceptors (Lipinski definition) is 4. The molecule has 0 spiro atoms. The lowest BCUT2D eigenvalue weighted by atomic mass is 9.94. The summed E-state index contributed by atoms with van der Waals surface area (Å²) in [5.41, 5.74) is 3.96. The van der Waals surface area contributed by atoms with Gasteiger partial charge in [0, 0.05) is 13.6 Å². The zero-order chi connectivity index (χ0) is 17.7. The van der Waals surface area contributed by atoms with E-state index < -0.39 is 0 Å². The summed E-state index contributed by atoms with van der Waals surface area (Å²) in [5, 5.41) is 7.02. The van der Waals surface area contributed by atoms with E-state index in [2.05, 4.69) is 33.3 Å². The average molecular weight is 354 g/mol. The Hall–Kier alpha value is -1.92. The summed E-state index contributed by atoms with van der Waals surface area (Å²) in [6, 6.07) is 7.06. The van der Waals surface area contributed by atoms with Crippen molar-refractivity contribution in [3.05, 3.63) is 51.2 Å². The van der Waals surface area contributed by atoms with Gasteiger partial charge in [-0.05, 0) is 60.8 Å². The number of H-pyrrole nitrogens is 1. The van der Waals surface area contributed by atoms with Crippen LogP contribution in [0.25, 0.3) is 0 Å². The lowest BCUT2D eigenvalue weighted by Crippen LogP contribution is -2.29. The zero-order valence-electron chi connectivity index (χ0n) is 15.3. The summed E-state index contributed by atoms with van der Waals surface area (Å²) in [5.74, 6) is 2.31. The molecule has 3 heterocycles. The first-order valence-corrected chi connectivity index (χ1v) is 9.74. The van der Waals surface area contributed by atoms with Crippen molar-refractivity contribution in [2.24, 2.45) is 18.9 Å².